The van der Waals surface area contributed by atoms with E-state index in [1.807, 2.05) is 44.2 Å². The molecule has 1 aromatic carbocycles. The maximum Gasteiger partial charge on any atom is 0.231 e. The number of rotatable bonds is 5. The van der Waals surface area contributed by atoms with Crippen molar-refractivity contribution < 1.29 is 14.3 Å². The summed E-state index contributed by atoms with van der Waals surface area (Å²) >= 11 is 0. The number of nitrogens with one attached hydrogen (secondary N) is 1. The lowest BCUT2D eigenvalue weighted by Gasteiger charge is -2.36. The standard InChI is InChI=1S/C21H26N2O3/c1-15-13-22-18(16(2)19(15)25-3)14-23-20(24)21(9-11-26-12-10-21)17-7-5-4-6-8-17/h4-8,13H,9-12,14H2,1-3H3,(H,23,24). The monoisotopic (exact) mass is 354 g/mol. The maximum absolute atomic E-state index is 13.2. The fourth-order valence-electron chi connectivity index (χ4n) is 3.71. The van der Waals surface area contributed by atoms with Crippen LogP contribution < -0.4 is 10.1 Å². The summed E-state index contributed by atoms with van der Waals surface area (Å²) in [5, 5.41) is 3.11. The number of methoxy groups -OCH3 is 1. The molecule has 0 saturated carbocycles. The summed E-state index contributed by atoms with van der Waals surface area (Å²) in [4.78, 5) is 17.7. The van der Waals surface area contributed by atoms with Gasteiger partial charge in [0.1, 0.15) is 5.75 Å². The minimum atomic E-state index is -0.539. The molecule has 5 nitrogen and oxygen atoms in total. The minimum absolute atomic E-state index is 0.0349. The zero-order valence-corrected chi connectivity index (χ0v) is 15.7. The van der Waals surface area contributed by atoms with Gasteiger partial charge in [-0.3, -0.25) is 9.78 Å². The molecular formula is C21H26N2O3. The number of nitrogens with zero attached hydrogens (tertiary/aromatic N) is 1. The molecule has 0 unspecified atom stereocenters. The highest BCUT2D eigenvalue weighted by molar-refractivity contribution is 5.88. The topological polar surface area (TPSA) is 60.5 Å². The number of carbonyl (C=O) groups is 1. The van der Waals surface area contributed by atoms with Gasteiger partial charge in [-0.25, -0.2) is 0 Å². The first-order valence-corrected chi connectivity index (χ1v) is 8.99. The van der Waals surface area contributed by atoms with Gasteiger partial charge in [0.2, 0.25) is 5.91 Å². The van der Waals surface area contributed by atoms with Gasteiger partial charge in [-0.1, -0.05) is 30.3 Å². The van der Waals surface area contributed by atoms with E-state index in [9.17, 15) is 4.79 Å². The van der Waals surface area contributed by atoms with E-state index in [-0.39, 0.29) is 5.91 Å². The molecule has 1 aliphatic heterocycles. The second-order valence-corrected chi connectivity index (χ2v) is 6.79. The average Bonchev–Trinajstić information content (AvgIpc) is 2.69. The molecule has 0 atom stereocenters. The van der Waals surface area contributed by atoms with Crippen LogP contribution >= 0.6 is 0 Å². The third kappa shape index (κ3) is 3.44. The predicted molar refractivity (Wildman–Crippen MR) is 100 cm³/mol. The van der Waals surface area contributed by atoms with Crippen molar-refractivity contribution >= 4 is 5.91 Å². The van der Waals surface area contributed by atoms with Crippen molar-refractivity contribution in [3.63, 3.8) is 0 Å². The molecule has 1 aliphatic rings. The molecule has 2 aromatic rings. The summed E-state index contributed by atoms with van der Waals surface area (Å²) in [6.45, 7) is 5.52. The van der Waals surface area contributed by atoms with Crippen LogP contribution in [0.3, 0.4) is 0 Å². The van der Waals surface area contributed by atoms with Gasteiger partial charge in [0.25, 0.3) is 0 Å². The van der Waals surface area contributed by atoms with E-state index in [1.54, 1.807) is 13.3 Å². The van der Waals surface area contributed by atoms with Crippen LogP contribution in [-0.2, 0) is 21.5 Å². The van der Waals surface area contributed by atoms with Crippen LogP contribution in [0.1, 0.15) is 35.2 Å². The second-order valence-electron chi connectivity index (χ2n) is 6.79. The molecule has 1 amide bonds. The molecule has 2 heterocycles. The quantitative estimate of drug-likeness (QED) is 0.896. The van der Waals surface area contributed by atoms with Crippen LogP contribution in [0.2, 0.25) is 0 Å². The number of carbonyl (C=O) groups excluding carboxylic acids is 1. The number of amides is 1. The first-order chi connectivity index (χ1) is 12.6. The number of pyridine rings is 1. The van der Waals surface area contributed by atoms with E-state index in [0.29, 0.717) is 32.6 Å². The first kappa shape index (κ1) is 18.4. The molecule has 1 N–H and O–H groups in total. The van der Waals surface area contributed by atoms with Gasteiger partial charge in [0, 0.05) is 30.5 Å². The van der Waals surface area contributed by atoms with E-state index >= 15 is 0 Å². The second kappa shape index (κ2) is 7.87. The largest absolute Gasteiger partial charge is 0.496 e. The molecule has 0 bridgehead atoms. The fraction of sp³-hybridized carbons (Fsp3) is 0.429. The van der Waals surface area contributed by atoms with Crippen molar-refractivity contribution in [3.05, 3.63) is 58.9 Å². The van der Waals surface area contributed by atoms with Crippen molar-refractivity contribution in [2.24, 2.45) is 0 Å². The van der Waals surface area contributed by atoms with Gasteiger partial charge in [-0.15, -0.1) is 0 Å². The Bertz CT molecular complexity index is 768. The lowest BCUT2D eigenvalue weighted by molar-refractivity contribution is -0.130. The van der Waals surface area contributed by atoms with Crippen molar-refractivity contribution in [2.45, 2.75) is 38.6 Å². The van der Waals surface area contributed by atoms with Gasteiger partial charge in [0.05, 0.1) is 24.8 Å². The van der Waals surface area contributed by atoms with E-state index in [0.717, 1.165) is 28.1 Å². The Hall–Kier alpha value is -2.40. The zero-order chi connectivity index (χ0) is 18.6. The fourth-order valence-corrected chi connectivity index (χ4v) is 3.71. The number of aryl methyl sites for hydroxylation is 1. The van der Waals surface area contributed by atoms with Gasteiger partial charge in [-0.2, -0.15) is 0 Å². The van der Waals surface area contributed by atoms with Crippen molar-refractivity contribution in [2.75, 3.05) is 20.3 Å². The molecule has 3 rings (SSSR count). The lowest BCUT2D eigenvalue weighted by atomic mass is 9.73. The summed E-state index contributed by atoms with van der Waals surface area (Å²) < 4.78 is 11.0. The van der Waals surface area contributed by atoms with Gasteiger partial charge in [-0.05, 0) is 32.3 Å². The number of hydrogen-bond donors (Lipinski definition) is 1. The van der Waals surface area contributed by atoms with Crippen LogP contribution in [0, 0.1) is 13.8 Å². The Balaban J connectivity index is 1.82. The highest BCUT2D eigenvalue weighted by Gasteiger charge is 2.41. The maximum atomic E-state index is 13.2. The molecule has 0 spiro atoms. The lowest BCUT2D eigenvalue weighted by Crippen LogP contribution is -2.47. The molecule has 1 aromatic heterocycles. The average molecular weight is 354 g/mol. The summed E-state index contributed by atoms with van der Waals surface area (Å²) in [5.41, 5.74) is 3.30. The summed E-state index contributed by atoms with van der Waals surface area (Å²) in [6.07, 6.45) is 3.16. The van der Waals surface area contributed by atoms with E-state index < -0.39 is 5.41 Å². The van der Waals surface area contributed by atoms with Gasteiger partial charge >= 0.3 is 0 Å². The SMILES string of the molecule is COc1c(C)cnc(CNC(=O)C2(c3ccccc3)CCOCC2)c1C. The minimum Gasteiger partial charge on any atom is -0.496 e. The molecular weight excluding hydrogens is 328 g/mol. The highest BCUT2D eigenvalue weighted by Crippen LogP contribution is 2.35. The summed E-state index contributed by atoms with van der Waals surface area (Å²) in [6, 6.07) is 10.00. The van der Waals surface area contributed by atoms with Gasteiger partial charge in [0.15, 0.2) is 0 Å². The van der Waals surface area contributed by atoms with E-state index in [4.69, 9.17) is 9.47 Å². The van der Waals surface area contributed by atoms with Crippen molar-refractivity contribution in [1.29, 1.82) is 0 Å². The Morgan fingerprint density at radius 3 is 2.58 bits per heavy atom. The Morgan fingerprint density at radius 1 is 1.23 bits per heavy atom. The smallest absolute Gasteiger partial charge is 0.231 e. The Morgan fingerprint density at radius 2 is 1.92 bits per heavy atom. The van der Waals surface area contributed by atoms with E-state index in [2.05, 4.69) is 10.3 Å². The molecule has 0 radical (unpaired) electrons. The van der Waals surface area contributed by atoms with Crippen LogP contribution in [-0.4, -0.2) is 31.2 Å². The third-order valence-corrected chi connectivity index (χ3v) is 5.27. The van der Waals surface area contributed by atoms with Crippen LogP contribution in [0.5, 0.6) is 5.75 Å². The first-order valence-electron chi connectivity index (χ1n) is 8.99. The van der Waals surface area contributed by atoms with Crippen LogP contribution in [0.25, 0.3) is 0 Å². The molecule has 0 aliphatic carbocycles. The van der Waals surface area contributed by atoms with Crippen LogP contribution in [0.4, 0.5) is 0 Å². The Kier molecular flexibility index (Phi) is 5.57. The number of aromatic nitrogens is 1. The predicted octanol–water partition coefficient (Wildman–Crippen LogP) is 3.07. The third-order valence-electron chi connectivity index (χ3n) is 5.27. The summed E-state index contributed by atoms with van der Waals surface area (Å²) in [5.74, 6) is 0.862. The number of ether oxygens (including phenoxy) is 2. The van der Waals surface area contributed by atoms with Crippen LogP contribution in [0.15, 0.2) is 36.5 Å². The molecule has 1 saturated heterocycles. The molecule has 138 valence electrons. The zero-order valence-electron chi connectivity index (χ0n) is 15.7. The summed E-state index contributed by atoms with van der Waals surface area (Å²) in [7, 11) is 1.66. The normalized spacial score (nSPS) is 16.1. The number of hydrogen-bond acceptors (Lipinski definition) is 4. The molecule has 1 fully saturated rings. The van der Waals surface area contributed by atoms with E-state index in [1.165, 1.54) is 0 Å². The van der Waals surface area contributed by atoms with Gasteiger partial charge < -0.3 is 14.8 Å². The number of benzene rings is 1. The van der Waals surface area contributed by atoms with Crippen molar-refractivity contribution in [1.82, 2.24) is 10.3 Å². The highest BCUT2D eigenvalue weighted by atomic mass is 16.5. The Labute approximate surface area is 154 Å². The molecule has 5 heteroatoms. The van der Waals surface area contributed by atoms with Crippen molar-refractivity contribution in [3.8, 4) is 5.75 Å². The molecule has 26 heavy (non-hydrogen) atoms.